The van der Waals surface area contributed by atoms with Crippen LogP contribution in [0.15, 0.2) is 35.7 Å². The van der Waals surface area contributed by atoms with Crippen LogP contribution in [0.5, 0.6) is 0 Å². The van der Waals surface area contributed by atoms with Crippen molar-refractivity contribution in [2.75, 3.05) is 33.4 Å². The third-order valence-corrected chi connectivity index (χ3v) is 7.54. The number of fused-ring (bicyclic) bond motifs is 1. The molecule has 2 aliphatic rings. The summed E-state index contributed by atoms with van der Waals surface area (Å²) in [5.41, 5.74) is 3.57. The Morgan fingerprint density at radius 2 is 1.97 bits per heavy atom. The van der Waals surface area contributed by atoms with Gasteiger partial charge in [-0.3, -0.25) is 9.59 Å². The van der Waals surface area contributed by atoms with Gasteiger partial charge in [0.1, 0.15) is 0 Å². The van der Waals surface area contributed by atoms with Gasteiger partial charge in [-0.1, -0.05) is 36.2 Å². The van der Waals surface area contributed by atoms with Gasteiger partial charge in [0.2, 0.25) is 11.8 Å². The van der Waals surface area contributed by atoms with Crippen molar-refractivity contribution >= 4 is 23.2 Å². The zero-order chi connectivity index (χ0) is 21.8. The molecule has 4 rings (SSSR count). The number of carbonyl (C=O) groups excluding carboxylic acids is 2. The van der Waals surface area contributed by atoms with E-state index in [-0.39, 0.29) is 30.3 Å². The Labute approximate surface area is 189 Å². The Bertz CT molecular complexity index is 904. The van der Waals surface area contributed by atoms with Crippen molar-refractivity contribution in [3.63, 3.8) is 0 Å². The molecule has 0 spiro atoms. The Morgan fingerprint density at radius 1 is 1.19 bits per heavy atom. The molecule has 0 saturated heterocycles. The molecule has 1 aromatic heterocycles. The topological polar surface area (TPSA) is 49.9 Å². The first kappa shape index (κ1) is 22.0. The molecule has 31 heavy (non-hydrogen) atoms. The highest BCUT2D eigenvalue weighted by Gasteiger charge is 2.35. The molecule has 1 fully saturated rings. The van der Waals surface area contributed by atoms with Crippen LogP contribution in [0.4, 0.5) is 0 Å². The van der Waals surface area contributed by atoms with Crippen LogP contribution >= 0.6 is 11.3 Å². The fourth-order valence-electron chi connectivity index (χ4n) is 4.53. The van der Waals surface area contributed by atoms with Gasteiger partial charge >= 0.3 is 0 Å². The Balaban J connectivity index is 1.55. The molecule has 1 unspecified atom stereocenters. The quantitative estimate of drug-likeness (QED) is 0.578. The third kappa shape index (κ3) is 4.85. The molecule has 1 aliphatic heterocycles. The van der Waals surface area contributed by atoms with E-state index in [0.717, 1.165) is 37.7 Å². The van der Waals surface area contributed by atoms with Gasteiger partial charge in [-0.05, 0) is 55.2 Å². The van der Waals surface area contributed by atoms with E-state index in [1.807, 2.05) is 4.90 Å². The van der Waals surface area contributed by atoms with E-state index in [9.17, 15) is 9.59 Å². The molecule has 2 heterocycles. The lowest BCUT2D eigenvalue weighted by atomic mass is 9.84. The average Bonchev–Trinajstić information content (AvgIpc) is 3.20. The van der Waals surface area contributed by atoms with Gasteiger partial charge in [0.05, 0.1) is 12.6 Å². The molecule has 6 heteroatoms. The Morgan fingerprint density at radius 3 is 2.65 bits per heavy atom. The largest absolute Gasteiger partial charge is 0.385 e. The van der Waals surface area contributed by atoms with Gasteiger partial charge in [0, 0.05) is 37.6 Å². The first-order valence-corrected chi connectivity index (χ1v) is 12.2. The zero-order valence-electron chi connectivity index (χ0n) is 18.5. The van der Waals surface area contributed by atoms with Crippen molar-refractivity contribution in [1.82, 2.24) is 9.80 Å². The lowest BCUT2D eigenvalue weighted by molar-refractivity contribution is -0.145. The van der Waals surface area contributed by atoms with Gasteiger partial charge in [-0.25, -0.2) is 0 Å². The van der Waals surface area contributed by atoms with Gasteiger partial charge in [0.15, 0.2) is 0 Å². The molecular formula is C25H32N2O3S. The number of amides is 2. The molecule has 0 radical (unpaired) electrons. The summed E-state index contributed by atoms with van der Waals surface area (Å²) in [4.78, 5) is 31.7. The van der Waals surface area contributed by atoms with E-state index in [2.05, 4.69) is 42.6 Å². The van der Waals surface area contributed by atoms with E-state index in [1.165, 1.54) is 16.0 Å². The lowest BCUT2D eigenvalue weighted by Gasteiger charge is -2.38. The van der Waals surface area contributed by atoms with Gasteiger partial charge in [0.25, 0.3) is 0 Å². The maximum absolute atomic E-state index is 13.6. The summed E-state index contributed by atoms with van der Waals surface area (Å²) in [6.07, 6.45) is 4.63. The zero-order valence-corrected chi connectivity index (χ0v) is 19.3. The van der Waals surface area contributed by atoms with E-state index < -0.39 is 0 Å². The van der Waals surface area contributed by atoms with Crippen LogP contribution in [0, 0.1) is 12.8 Å². The fourth-order valence-corrected chi connectivity index (χ4v) is 5.43. The van der Waals surface area contributed by atoms with E-state index in [1.54, 1.807) is 23.3 Å². The van der Waals surface area contributed by atoms with Crippen LogP contribution < -0.4 is 0 Å². The van der Waals surface area contributed by atoms with Crippen LogP contribution in [-0.4, -0.2) is 55.0 Å². The second-order valence-electron chi connectivity index (χ2n) is 8.68. The smallest absolute Gasteiger partial charge is 0.242 e. The Hall–Kier alpha value is -2.18. The van der Waals surface area contributed by atoms with Crippen molar-refractivity contribution in [3.05, 3.63) is 57.3 Å². The summed E-state index contributed by atoms with van der Waals surface area (Å²) in [7, 11) is 1.67. The predicted octanol–water partition coefficient (Wildman–Crippen LogP) is 4.20. The molecule has 1 saturated carbocycles. The standard InChI is InChI=1S/C25H32N2O3S/c1-18-7-9-19(10-8-18)24-21-12-16-31-22(21)11-14-27(24)23(28)17-26(13-4-15-30-2)25(29)20-5-3-6-20/h7-10,12,16,20,24H,3-6,11,13-15,17H2,1-2H3. The highest BCUT2D eigenvalue weighted by Crippen LogP contribution is 2.38. The summed E-state index contributed by atoms with van der Waals surface area (Å²) < 4.78 is 5.18. The molecule has 1 aromatic carbocycles. The third-order valence-electron chi connectivity index (χ3n) is 6.55. The molecule has 1 aliphatic carbocycles. The van der Waals surface area contributed by atoms with Crippen LogP contribution in [-0.2, 0) is 20.7 Å². The number of hydrogen-bond acceptors (Lipinski definition) is 4. The van der Waals surface area contributed by atoms with Gasteiger partial charge < -0.3 is 14.5 Å². The molecule has 2 amide bonds. The molecule has 1 atom stereocenters. The maximum atomic E-state index is 13.6. The van der Waals surface area contributed by atoms with Crippen molar-refractivity contribution in [2.45, 2.75) is 45.1 Å². The average molecular weight is 441 g/mol. The Kier molecular flexibility index (Phi) is 7.08. The minimum atomic E-state index is -0.0808. The second kappa shape index (κ2) is 9.96. The molecular weight excluding hydrogens is 408 g/mol. The lowest BCUT2D eigenvalue weighted by Crippen LogP contribution is -2.49. The van der Waals surface area contributed by atoms with Gasteiger partial charge in [-0.15, -0.1) is 11.3 Å². The summed E-state index contributed by atoms with van der Waals surface area (Å²) in [6, 6.07) is 10.5. The maximum Gasteiger partial charge on any atom is 0.242 e. The number of hydrogen-bond donors (Lipinski definition) is 0. The number of thiophene rings is 1. The van der Waals surface area contributed by atoms with Crippen LogP contribution in [0.25, 0.3) is 0 Å². The number of methoxy groups -OCH3 is 1. The van der Waals surface area contributed by atoms with Crippen molar-refractivity contribution < 1.29 is 14.3 Å². The number of ether oxygens (including phenoxy) is 1. The van der Waals surface area contributed by atoms with Gasteiger partial charge in [-0.2, -0.15) is 0 Å². The number of aryl methyl sites for hydroxylation is 1. The summed E-state index contributed by atoms with van der Waals surface area (Å²) >= 11 is 1.77. The second-order valence-corrected chi connectivity index (χ2v) is 9.68. The number of benzene rings is 1. The number of nitrogens with zero attached hydrogens (tertiary/aromatic N) is 2. The highest BCUT2D eigenvalue weighted by molar-refractivity contribution is 7.10. The van der Waals surface area contributed by atoms with E-state index in [4.69, 9.17) is 4.74 Å². The van der Waals surface area contributed by atoms with Crippen LogP contribution in [0.3, 0.4) is 0 Å². The molecule has 166 valence electrons. The van der Waals surface area contributed by atoms with Crippen LogP contribution in [0.2, 0.25) is 0 Å². The van der Waals surface area contributed by atoms with Crippen LogP contribution in [0.1, 0.15) is 53.3 Å². The van der Waals surface area contributed by atoms with E-state index >= 15 is 0 Å². The first-order chi connectivity index (χ1) is 15.1. The SMILES string of the molecule is COCCCN(CC(=O)N1CCc2sccc2C1c1ccc(C)cc1)C(=O)C1CCC1. The minimum Gasteiger partial charge on any atom is -0.385 e. The summed E-state index contributed by atoms with van der Waals surface area (Å²) in [5, 5.41) is 2.12. The highest BCUT2D eigenvalue weighted by atomic mass is 32.1. The minimum absolute atomic E-state index is 0.0347. The number of rotatable bonds is 8. The fraction of sp³-hybridized carbons (Fsp3) is 0.520. The summed E-state index contributed by atoms with van der Waals surface area (Å²) in [6.45, 7) is 4.08. The normalized spacial score (nSPS) is 18.4. The predicted molar refractivity (Wildman–Crippen MR) is 123 cm³/mol. The van der Waals surface area contributed by atoms with E-state index in [0.29, 0.717) is 19.7 Å². The molecule has 0 N–H and O–H groups in total. The van der Waals surface area contributed by atoms with Crippen molar-refractivity contribution in [2.24, 2.45) is 5.92 Å². The monoisotopic (exact) mass is 440 g/mol. The van der Waals surface area contributed by atoms with Crippen molar-refractivity contribution in [1.29, 1.82) is 0 Å². The first-order valence-electron chi connectivity index (χ1n) is 11.3. The summed E-state index contributed by atoms with van der Waals surface area (Å²) in [5.74, 6) is 0.261. The molecule has 0 bridgehead atoms. The molecule has 2 aromatic rings. The van der Waals surface area contributed by atoms with Crippen molar-refractivity contribution in [3.8, 4) is 0 Å². The number of carbonyl (C=O) groups is 2. The molecule has 5 nitrogen and oxygen atoms in total.